The summed E-state index contributed by atoms with van der Waals surface area (Å²) in [5.41, 5.74) is 1.32. The van der Waals surface area contributed by atoms with E-state index >= 15 is 0 Å². The molecule has 0 amide bonds. The molecule has 2 unspecified atom stereocenters. The Morgan fingerprint density at radius 1 is 1.78 bits per heavy atom. The van der Waals surface area contributed by atoms with Crippen LogP contribution in [-0.4, -0.2) is 11.3 Å². The summed E-state index contributed by atoms with van der Waals surface area (Å²) in [6.45, 7) is 4.24. The molecule has 2 atom stereocenters. The van der Waals surface area contributed by atoms with Gasteiger partial charge in [0, 0.05) is 12.3 Å². The summed E-state index contributed by atoms with van der Waals surface area (Å²) < 4.78 is 0. The minimum atomic E-state index is 0.171. The van der Waals surface area contributed by atoms with Crippen molar-refractivity contribution >= 4 is 5.71 Å². The van der Waals surface area contributed by atoms with Crippen molar-refractivity contribution in [2.75, 3.05) is 0 Å². The lowest BCUT2D eigenvalue weighted by atomic mass is 10.1. The van der Waals surface area contributed by atoms with Gasteiger partial charge in [-0.1, -0.05) is 12.1 Å². The first-order valence-electron chi connectivity index (χ1n) is 3.45. The highest BCUT2D eigenvalue weighted by Gasteiger charge is 2.57. The summed E-state index contributed by atoms with van der Waals surface area (Å²) >= 11 is 0. The Bertz CT molecular complexity index is 176. The lowest BCUT2D eigenvalue weighted by molar-refractivity contribution is 0.0536. The van der Waals surface area contributed by atoms with Crippen molar-refractivity contribution in [1.82, 2.24) is 0 Å². The second-order valence-electron chi connectivity index (χ2n) is 3.26. The van der Waals surface area contributed by atoms with Crippen molar-refractivity contribution in [3.63, 3.8) is 0 Å². The van der Waals surface area contributed by atoms with Crippen molar-refractivity contribution in [2.24, 2.45) is 11.1 Å². The minimum absolute atomic E-state index is 0.171. The predicted octanol–water partition coefficient (Wildman–Crippen LogP) is 1.56. The third-order valence-electron chi connectivity index (χ3n) is 2.33. The average molecular weight is 125 g/mol. The number of hydrogen-bond acceptors (Lipinski definition) is 2. The van der Waals surface area contributed by atoms with Crippen molar-refractivity contribution < 1.29 is 4.84 Å². The average Bonchev–Trinajstić information content (AvgIpc) is 2.17. The summed E-state index contributed by atoms with van der Waals surface area (Å²) in [6.07, 6.45) is 2.27. The Labute approximate surface area is 54.9 Å². The first-order chi connectivity index (χ1) is 4.23. The monoisotopic (exact) mass is 125 g/mol. The molecule has 1 heterocycles. The minimum Gasteiger partial charge on any atom is -0.389 e. The van der Waals surface area contributed by atoms with Crippen LogP contribution < -0.4 is 0 Å². The molecule has 2 aliphatic rings. The van der Waals surface area contributed by atoms with Crippen LogP contribution >= 0.6 is 0 Å². The topological polar surface area (TPSA) is 21.6 Å². The van der Waals surface area contributed by atoms with E-state index in [1.54, 1.807) is 0 Å². The molecule has 1 saturated carbocycles. The summed E-state index contributed by atoms with van der Waals surface area (Å²) in [4.78, 5) is 5.26. The molecule has 0 aromatic rings. The lowest BCUT2D eigenvalue weighted by Crippen LogP contribution is -2.09. The quantitative estimate of drug-likeness (QED) is 0.481. The van der Waals surface area contributed by atoms with Crippen molar-refractivity contribution in [3.05, 3.63) is 0 Å². The third kappa shape index (κ3) is 0.590. The van der Waals surface area contributed by atoms with Gasteiger partial charge in [0.05, 0.1) is 5.71 Å². The fourth-order valence-electron chi connectivity index (χ4n) is 1.50. The van der Waals surface area contributed by atoms with Crippen LogP contribution in [0.25, 0.3) is 0 Å². The number of nitrogens with zero attached hydrogens (tertiary/aromatic N) is 1. The Hall–Kier alpha value is -0.530. The maximum Gasteiger partial charge on any atom is 0.146 e. The van der Waals surface area contributed by atoms with Gasteiger partial charge >= 0.3 is 0 Å². The van der Waals surface area contributed by atoms with Gasteiger partial charge in [0.1, 0.15) is 5.60 Å². The molecule has 0 N–H and O–H groups in total. The van der Waals surface area contributed by atoms with Crippen LogP contribution in [0.4, 0.5) is 0 Å². The fraction of sp³-hybridized carbons (Fsp3) is 0.857. The molecular weight excluding hydrogens is 114 g/mol. The Balaban J connectivity index is 2.09. The Kier molecular flexibility index (Phi) is 0.765. The van der Waals surface area contributed by atoms with E-state index in [0.29, 0.717) is 0 Å². The number of rotatable bonds is 0. The zero-order valence-electron chi connectivity index (χ0n) is 5.85. The first kappa shape index (κ1) is 5.27. The molecule has 2 nitrogen and oxygen atoms in total. The van der Waals surface area contributed by atoms with Crippen LogP contribution in [0.5, 0.6) is 0 Å². The number of hydrogen-bond donors (Lipinski definition) is 0. The van der Waals surface area contributed by atoms with Crippen LogP contribution in [0.1, 0.15) is 26.7 Å². The van der Waals surface area contributed by atoms with Crippen LogP contribution in [0.2, 0.25) is 0 Å². The van der Waals surface area contributed by atoms with E-state index in [4.69, 9.17) is 4.84 Å². The van der Waals surface area contributed by atoms with Crippen LogP contribution in [0, 0.1) is 5.92 Å². The summed E-state index contributed by atoms with van der Waals surface area (Å²) in [5.74, 6) is 0.735. The molecule has 1 aliphatic heterocycles. The molecule has 0 aromatic carbocycles. The standard InChI is InChI=1S/C7H11NO/c1-5-3-7(5)4-6(2)8-9-7/h5H,3-4H2,1-2H3. The lowest BCUT2D eigenvalue weighted by Gasteiger charge is -2.02. The molecule has 50 valence electrons. The van der Waals surface area contributed by atoms with E-state index in [1.807, 2.05) is 6.92 Å². The smallest absolute Gasteiger partial charge is 0.146 e. The Morgan fingerprint density at radius 2 is 2.44 bits per heavy atom. The van der Waals surface area contributed by atoms with E-state index in [9.17, 15) is 0 Å². The molecule has 0 bridgehead atoms. The highest BCUT2D eigenvalue weighted by Crippen LogP contribution is 2.51. The van der Waals surface area contributed by atoms with E-state index in [2.05, 4.69) is 12.1 Å². The molecule has 1 aliphatic carbocycles. The SMILES string of the molecule is CC1=NOC2(C1)CC2C. The highest BCUT2D eigenvalue weighted by atomic mass is 16.7. The fourth-order valence-corrected chi connectivity index (χ4v) is 1.50. The molecule has 0 radical (unpaired) electrons. The maximum atomic E-state index is 5.26. The second-order valence-corrected chi connectivity index (χ2v) is 3.26. The molecule has 1 spiro atoms. The summed E-state index contributed by atoms with van der Waals surface area (Å²) in [7, 11) is 0. The first-order valence-corrected chi connectivity index (χ1v) is 3.45. The van der Waals surface area contributed by atoms with Crippen molar-refractivity contribution in [1.29, 1.82) is 0 Å². The number of oxime groups is 1. The van der Waals surface area contributed by atoms with E-state index in [0.717, 1.165) is 18.1 Å². The van der Waals surface area contributed by atoms with Crippen molar-refractivity contribution in [3.8, 4) is 0 Å². The van der Waals surface area contributed by atoms with Gasteiger partial charge in [-0.15, -0.1) is 0 Å². The highest BCUT2D eigenvalue weighted by molar-refractivity contribution is 5.84. The van der Waals surface area contributed by atoms with Crippen LogP contribution in [0.15, 0.2) is 5.16 Å². The zero-order valence-corrected chi connectivity index (χ0v) is 5.85. The van der Waals surface area contributed by atoms with E-state index in [-0.39, 0.29) is 5.60 Å². The molecule has 0 aromatic heterocycles. The van der Waals surface area contributed by atoms with Crippen molar-refractivity contribution in [2.45, 2.75) is 32.3 Å². The van der Waals surface area contributed by atoms with Gasteiger partial charge in [0.15, 0.2) is 0 Å². The van der Waals surface area contributed by atoms with Crippen LogP contribution in [0.3, 0.4) is 0 Å². The van der Waals surface area contributed by atoms with Gasteiger partial charge in [-0.2, -0.15) is 0 Å². The predicted molar refractivity (Wildman–Crippen MR) is 35.3 cm³/mol. The van der Waals surface area contributed by atoms with Gasteiger partial charge in [-0.05, 0) is 13.3 Å². The molecule has 9 heavy (non-hydrogen) atoms. The van der Waals surface area contributed by atoms with E-state index in [1.165, 1.54) is 6.42 Å². The normalized spacial score (nSPS) is 46.9. The van der Waals surface area contributed by atoms with Crippen LogP contribution in [-0.2, 0) is 4.84 Å². The van der Waals surface area contributed by atoms with E-state index < -0.39 is 0 Å². The van der Waals surface area contributed by atoms with Gasteiger partial charge in [-0.25, -0.2) is 0 Å². The molecule has 2 rings (SSSR count). The largest absolute Gasteiger partial charge is 0.389 e. The maximum absolute atomic E-state index is 5.26. The summed E-state index contributed by atoms with van der Waals surface area (Å²) in [6, 6.07) is 0. The third-order valence-corrected chi connectivity index (χ3v) is 2.33. The molecular formula is C7H11NO. The Morgan fingerprint density at radius 3 is 2.67 bits per heavy atom. The second kappa shape index (κ2) is 1.31. The summed E-state index contributed by atoms with van der Waals surface area (Å²) in [5, 5.41) is 3.92. The van der Waals surface area contributed by atoms with Gasteiger partial charge in [-0.3, -0.25) is 0 Å². The molecule has 1 fully saturated rings. The van der Waals surface area contributed by atoms with Gasteiger partial charge in [0.2, 0.25) is 0 Å². The molecule has 0 saturated heterocycles. The van der Waals surface area contributed by atoms with Gasteiger partial charge < -0.3 is 4.84 Å². The zero-order chi connectivity index (χ0) is 6.48. The van der Waals surface area contributed by atoms with Gasteiger partial charge in [0.25, 0.3) is 0 Å². The molecule has 2 heteroatoms.